The maximum absolute atomic E-state index is 5.87. The molecular weight excluding hydrogens is 280 g/mol. The summed E-state index contributed by atoms with van der Waals surface area (Å²) < 4.78 is 6.60. The van der Waals surface area contributed by atoms with Crippen LogP contribution < -0.4 is 11.1 Å². The van der Waals surface area contributed by atoms with E-state index in [1.54, 1.807) is 0 Å². The molecule has 1 aliphatic heterocycles. The molecule has 1 aromatic rings. The second-order valence-electron chi connectivity index (χ2n) is 4.44. The zero-order valence-electron chi connectivity index (χ0n) is 9.86. The molecule has 1 fully saturated rings. The summed E-state index contributed by atoms with van der Waals surface area (Å²) in [5.41, 5.74) is 6.97. The minimum absolute atomic E-state index is 0.286. The maximum Gasteiger partial charge on any atom is 0.0514 e. The monoisotopic (exact) mass is 298 g/mol. The molecule has 0 bridgehead atoms. The van der Waals surface area contributed by atoms with E-state index in [-0.39, 0.29) is 6.04 Å². The van der Waals surface area contributed by atoms with Crippen molar-refractivity contribution in [3.8, 4) is 0 Å². The SMILES string of the molecule is NCC(Nc1ccccc1Br)C1CCCOC1. The average Bonchev–Trinajstić information content (AvgIpc) is 2.39. The Morgan fingerprint density at radius 1 is 1.47 bits per heavy atom. The maximum atomic E-state index is 5.87. The van der Waals surface area contributed by atoms with Crippen LogP contribution in [0.2, 0.25) is 0 Å². The summed E-state index contributed by atoms with van der Waals surface area (Å²) in [6.07, 6.45) is 2.33. The highest BCUT2D eigenvalue weighted by Gasteiger charge is 2.23. The molecule has 0 aliphatic carbocycles. The molecule has 0 amide bonds. The van der Waals surface area contributed by atoms with Crippen LogP contribution in [-0.2, 0) is 4.74 Å². The fourth-order valence-corrected chi connectivity index (χ4v) is 2.63. The predicted octanol–water partition coefficient (Wildman–Crippen LogP) is 2.61. The number of hydrogen-bond acceptors (Lipinski definition) is 3. The minimum Gasteiger partial charge on any atom is -0.381 e. The Morgan fingerprint density at radius 2 is 2.29 bits per heavy atom. The molecule has 1 heterocycles. The summed E-state index contributed by atoms with van der Waals surface area (Å²) in [5, 5.41) is 3.51. The largest absolute Gasteiger partial charge is 0.381 e. The van der Waals surface area contributed by atoms with Crippen molar-refractivity contribution in [2.75, 3.05) is 25.1 Å². The second kappa shape index (κ2) is 6.38. The summed E-state index contributed by atoms with van der Waals surface area (Å²) in [7, 11) is 0. The van der Waals surface area contributed by atoms with Crippen LogP contribution in [-0.4, -0.2) is 25.8 Å². The molecule has 2 unspecified atom stereocenters. The van der Waals surface area contributed by atoms with Gasteiger partial charge in [-0.15, -0.1) is 0 Å². The van der Waals surface area contributed by atoms with Gasteiger partial charge in [0, 0.05) is 35.3 Å². The normalized spacial score (nSPS) is 22.1. The van der Waals surface area contributed by atoms with E-state index in [2.05, 4.69) is 27.3 Å². The Bertz CT molecular complexity index is 353. The molecule has 0 saturated carbocycles. The summed E-state index contributed by atoms with van der Waals surface area (Å²) in [4.78, 5) is 0. The Kier molecular flexibility index (Phi) is 4.83. The Hall–Kier alpha value is -0.580. The van der Waals surface area contributed by atoms with E-state index in [0.29, 0.717) is 12.5 Å². The van der Waals surface area contributed by atoms with Crippen molar-refractivity contribution < 1.29 is 4.74 Å². The number of ether oxygens (including phenoxy) is 1. The number of hydrogen-bond donors (Lipinski definition) is 2. The quantitative estimate of drug-likeness (QED) is 0.898. The molecule has 3 N–H and O–H groups in total. The van der Waals surface area contributed by atoms with Gasteiger partial charge >= 0.3 is 0 Å². The van der Waals surface area contributed by atoms with E-state index in [9.17, 15) is 0 Å². The number of anilines is 1. The van der Waals surface area contributed by atoms with Gasteiger partial charge in [-0.2, -0.15) is 0 Å². The first-order chi connectivity index (χ1) is 8.31. The van der Waals surface area contributed by atoms with Gasteiger partial charge in [-0.25, -0.2) is 0 Å². The van der Waals surface area contributed by atoms with E-state index in [4.69, 9.17) is 10.5 Å². The van der Waals surface area contributed by atoms with Crippen LogP contribution >= 0.6 is 15.9 Å². The highest BCUT2D eigenvalue weighted by molar-refractivity contribution is 9.10. The number of benzene rings is 1. The first-order valence-electron chi connectivity index (χ1n) is 6.10. The van der Waals surface area contributed by atoms with Crippen LogP contribution in [0.3, 0.4) is 0 Å². The van der Waals surface area contributed by atoms with Crippen molar-refractivity contribution in [2.45, 2.75) is 18.9 Å². The van der Waals surface area contributed by atoms with Crippen molar-refractivity contribution in [1.29, 1.82) is 0 Å². The topological polar surface area (TPSA) is 47.3 Å². The second-order valence-corrected chi connectivity index (χ2v) is 5.30. The van der Waals surface area contributed by atoms with Crippen molar-refractivity contribution in [3.05, 3.63) is 28.7 Å². The molecule has 0 radical (unpaired) electrons. The zero-order valence-corrected chi connectivity index (χ0v) is 11.4. The average molecular weight is 299 g/mol. The van der Waals surface area contributed by atoms with E-state index < -0.39 is 0 Å². The summed E-state index contributed by atoms with van der Waals surface area (Å²) >= 11 is 3.54. The van der Waals surface area contributed by atoms with Gasteiger partial charge in [0.2, 0.25) is 0 Å². The number of rotatable bonds is 4. The van der Waals surface area contributed by atoms with Crippen LogP contribution in [0.5, 0.6) is 0 Å². The number of nitrogens with one attached hydrogen (secondary N) is 1. The van der Waals surface area contributed by atoms with Crippen LogP contribution in [0.25, 0.3) is 0 Å². The number of halogens is 1. The van der Waals surface area contributed by atoms with Crippen LogP contribution in [0.15, 0.2) is 28.7 Å². The molecule has 2 atom stereocenters. The predicted molar refractivity (Wildman–Crippen MR) is 74.2 cm³/mol. The molecule has 1 saturated heterocycles. The third-order valence-electron chi connectivity index (χ3n) is 3.23. The molecule has 0 aromatic heterocycles. The molecule has 4 heteroatoms. The molecule has 3 nitrogen and oxygen atoms in total. The Labute approximate surface area is 111 Å². The number of nitrogens with two attached hydrogens (primary N) is 1. The van der Waals surface area contributed by atoms with E-state index in [1.165, 1.54) is 6.42 Å². The third kappa shape index (κ3) is 3.44. The molecule has 17 heavy (non-hydrogen) atoms. The third-order valence-corrected chi connectivity index (χ3v) is 3.92. The number of para-hydroxylation sites is 1. The van der Waals surface area contributed by atoms with Gasteiger partial charge in [-0.1, -0.05) is 12.1 Å². The standard InChI is InChI=1S/C13H19BrN2O/c14-11-5-1-2-6-12(11)16-13(8-15)10-4-3-7-17-9-10/h1-2,5-6,10,13,16H,3-4,7-9,15H2. The van der Waals surface area contributed by atoms with Gasteiger partial charge in [-0.3, -0.25) is 0 Å². The van der Waals surface area contributed by atoms with Gasteiger partial charge in [0.15, 0.2) is 0 Å². The summed E-state index contributed by atoms with van der Waals surface area (Å²) in [6.45, 7) is 2.34. The highest BCUT2D eigenvalue weighted by Crippen LogP contribution is 2.25. The lowest BCUT2D eigenvalue weighted by atomic mass is 9.93. The minimum atomic E-state index is 0.286. The van der Waals surface area contributed by atoms with Crippen molar-refractivity contribution in [3.63, 3.8) is 0 Å². The van der Waals surface area contributed by atoms with Gasteiger partial charge in [0.05, 0.1) is 6.61 Å². The molecule has 94 valence electrons. The van der Waals surface area contributed by atoms with Crippen LogP contribution in [0.1, 0.15) is 12.8 Å². The van der Waals surface area contributed by atoms with Crippen molar-refractivity contribution in [2.24, 2.45) is 11.7 Å². The van der Waals surface area contributed by atoms with Gasteiger partial charge in [0.25, 0.3) is 0 Å². The van der Waals surface area contributed by atoms with E-state index in [0.717, 1.165) is 29.8 Å². The fraction of sp³-hybridized carbons (Fsp3) is 0.538. The Balaban J connectivity index is 2.01. The lowest BCUT2D eigenvalue weighted by Gasteiger charge is -2.31. The first kappa shape index (κ1) is 12.9. The van der Waals surface area contributed by atoms with Crippen LogP contribution in [0.4, 0.5) is 5.69 Å². The van der Waals surface area contributed by atoms with Crippen molar-refractivity contribution >= 4 is 21.6 Å². The first-order valence-corrected chi connectivity index (χ1v) is 6.89. The van der Waals surface area contributed by atoms with E-state index >= 15 is 0 Å². The molecule has 1 aromatic carbocycles. The van der Waals surface area contributed by atoms with Gasteiger partial charge < -0.3 is 15.8 Å². The lowest BCUT2D eigenvalue weighted by molar-refractivity contribution is 0.0485. The van der Waals surface area contributed by atoms with Gasteiger partial charge in [-0.05, 0) is 40.9 Å². The molecule has 0 spiro atoms. The smallest absolute Gasteiger partial charge is 0.0514 e. The van der Waals surface area contributed by atoms with Crippen LogP contribution in [0, 0.1) is 5.92 Å². The Morgan fingerprint density at radius 3 is 2.94 bits per heavy atom. The molecule has 1 aliphatic rings. The van der Waals surface area contributed by atoms with Gasteiger partial charge in [0.1, 0.15) is 0 Å². The zero-order chi connectivity index (χ0) is 12.1. The lowest BCUT2D eigenvalue weighted by Crippen LogP contribution is -2.40. The van der Waals surface area contributed by atoms with E-state index in [1.807, 2.05) is 18.2 Å². The molecule has 2 rings (SSSR count). The van der Waals surface area contributed by atoms with Crippen molar-refractivity contribution in [1.82, 2.24) is 0 Å². The fourth-order valence-electron chi connectivity index (χ4n) is 2.23. The summed E-state index contributed by atoms with van der Waals surface area (Å²) in [6, 6.07) is 8.42. The summed E-state index contributed by atoms with van der Waals surface area (Å²) in [5.74, 6) is 0.515. The molecular formula is C13H19BrN2O. The highest BCUT2D eigenvalue weighted by atomic mass is 79.9.